The molecule has 2 aromatic carbocycles. The third kappa shape index (κ3) is 30.7. The van der Waals surface area contributed by atoms with E-state index in [1.807, 2.05) is 13.8 Å². The van der Waals surface area contributed by atoms with Crippen LogP contribution in [-0.4, -0.2) is 123 Å². The van der Waals surface area contributed by atoms with Gasteiger partial charge in [0.15, 0.2) is 0 Å². The van der Waals surface area contributed by atoms with E-state index in [0.717, 1.165) is 11.1 Å². The average molecular weight is 1400 g/mol. The molecule has 42 heteroatoms. The number of alkyl halides is 24. The molecular weight excluding hydrogens is 1370 g/mol. The number of rotatable bonds is 10. The number of aryl methyl sites for hydroxylation is 2. The molecular formula is C42H30Cu2F24N2O12S2. The summed E-state index contributed by atoms with van der Waals surface area (Å²) in [5.41, 5.74) is 2.11. The minimum Gasteiger partial charge on any atom is -0.869 e. The Labute approximate surface area is 476 Å². The van der Waals surface area contributed by atoms with Crippen molar-refractivity contribution in [3.8, 4) is 0 Å². The predicted octanol–water partition coefficient (Wildman–Crippen LogP) is 6.80. The van der Waals surface area contributed by atoms with Crippen molar-refractivity contribution in [2.24, 2.45) is 0 Å². The smallest absolute Gasteiger partial charge is 0.869 e. The molecule has 2 aliphatic heterocycles. The molecule has 2 unspecified atom stereocenters. The van der Waals surface area contributed by atoms with Gasteiger partial charge in [0, 0.05) is 13.1 Å². The van der Waals surface area contributed by atoms with E-state index in [-0.39, 0.29) is 46.2 Å². The summed E-state index contributed by atoms with van der Waals surface area (Å²) < 4.78 is 322. The summed E-state index contributed by atoms with van der Waals surface area (Å²) in [7, 11) is -6.56. The minimum absolute atomic E-state index is 0. The number of sulfonamides is 2. The van der Waals surface area contributed by atoms with Crippen LogP contribution in [0.25, 0.3) is 0 Å². The molecule has 0 aromatic heterocycles. The van der Waals surface area contributed by atoms with Gasteiger partial charge in [-0.1, -0.05) is 47.5 Å². The Morgan fingerprint density at radius 1 is 0.393 bits per heavy atom. The molecule has 0 bridgehead atoms. The van der Waals surface area contributed by atoms with Gasteiger partial charge >= 0.3 is 83.5 Å². The molecule has 14 nitrogen and oxygen atoms in total. The van der Waals surface area contributed by atoms with E-state index in [9.17, 15) is 162 Å². The molecule has 4 atom stereocenters. The number of carbonyl (C=O) groups excluding carboxylic acids is 4. The number of nitrogens with zero attached hydrogens (tertiary/aromatic N) is 2. The Morgan fingerprint density at radius 2 is 0.560 bits per heavy atom. The van der Waals surface area contributed by atoms with Gasteiger partial charge < -0.3 is 20.4 Å². The number of ketones is 4. The first kappa shape index (κ1) is 84.4. The van der Waals surface area contributed by atoms with Crippen LogP contribution >= 0.6 is 0 Å². The summed E-state index contributed by atoms with van der Waals surface area (Å²) >= 11 is 0. The molecule has 0 N–H and O–H groups in total. The van der Waals surface area contributed by atoms with E-state index in [1.54, 1.807) is 60.7 Å². The van der Waals surface area contributed by atoms with Crippen LogP contribution in [0.2, 0.25) is 0 Å². The largest absolute Gasteiger partial charge is 2.00 e. The van der Waals surface area contributed by atoms with E-state index in [4.69, 9.17) is 0 Å². The Balaban J connectivity index is -0.000000456. The molecule has 0 spiro atoms. The van der Waals surface area contributed by atoms with E-state index < -0.39 is 140 Å². The Morgan fingerprint density at radius 3 is 0.679 bits per heavy atom. The van der Waals surface area contributed by atoms with Crippen LogP contribution in [0, 0.1) is 13.8 Å². The summed E-state index contributed by atoms with van der Waals surface area (Å²) in [6.45, 7) is 12.1. The van der Waals surface area contributed by atoms with Crippen LogP contribution in [0.15, 0.2) is 131 Å². The van der Waals surface area contributed by atoms with Gasteiger partial charge in [-0.25, -0.2) is 16.8 Å². The predicted molar refractivity (Wildman–Crippen MR) is 219 cm³/mol. The fraction of sp³-hybridized carbons (Fsp3) is 0.333. The molecule has 2 fully saturated rings. The van der Waals surface area contributed by atoms with Crippen LogP contribution in [-0.2, 0) is 73.4 Å². The Kier molecular flexibility index (Phi) is 32.0. The molecule has 4 rings (SSSR count). The summed E-state index contributed by atoms with van der Waals surface area (Å²) in [5, 5.41) is 39.3. The van der Waals surface area contributed by atoms with Crippen LogP contribution in [0.4, 0.5) is 105 Å². The molecule has 482 valence electrons. The third-order valence-corrected chi connectivity index (χ3v) is 12.1. The number of carbonyl (C=O) groups is 4. The van der Waals surface area contributed by atoms with Gasteiger partial charge in [0.25, 0.3) is 23.1 Å². The fourth-order valence-corrected chi connectivity index (χ4v) is 7.12. The maximum absolute atomic E-state index is 12.0. The molecule has 0 amide bonds. The number of benzene rings is 2. The number of hydrogen-bond acceptors (Lipinski definition) is 12. The number of halogens is 24. The van der Waals surface area contributed by atoms with Gasteiger partial charge in [0.1, 0.15) is 0 Å². The Hall–Kier alpha value is -6.06. The minimum atomic E-state index is -5.46. The van der Waals surface area contributed by atoms with Gasteiger partial charge in [0.05, 0.1) is 21.9 Å². The van der Waals surface area contributed by atoms with Crippen LogP contribution < -0.4 is 20.4 Å². The first-order valence-corrected chi connectivity index (χ1v) is 22.9. The van der Waals surface area contributed by atoms with Crippen molar-refractivity contribution in [2.75, 3.05) is 13.1 Å². The van der Waals surface area contributed by atoms with E-state index in [0.29, 0.717) is 22.9 Å². The van der Waals surface area contributed by atoms with Crippen molar-refractivity contribution in [2.45, 2.75) is 85.1 Å². The molecule has 84 heavy (non-hydrogen) atoms. The zero-order chi connectivity index (χ0) is 65.6. The number of hydrogen-bond donors (Lipinski definition) is 0. The first-order valence-electron chi connectivity index (χ1n) is 20.0. The topological polar surface area (TPSA) is 235 Å². The summed E-state index contributed by atoms with van der Waals surface area (Å²) in [4.78, 5) is 40.0. The van der Waals surface area contributed by atoms with E-state index in [2.05, 4.69) is 13.2 Å². The van der Waals surface area contributed by atoms with Gasteiger partial charge in [-0.2, -0.15) is 114 Å². The third-order valence-electron chi connectivity index (χ3n) is 8.29. The van der Waals surface area contributed by atoms with Crippen molar-refractivity contribution in [1.82, 2.24) is 8.61 Å². The zero-order valence-corrected chi connectivity index (χ0v) is 43.9. The molecule has 2 aromatic rings. The maximum atomic E-state index is 12.0. The fourth-order valence-electron chi connectivity index (χ4n) is 4.03. The zero-order valence-electron chi connectivity index (χ0n) is 40.4. The van der Waals surface area contributed by atoms with Gasteiger partial charge in [0.2, 0.25) is 20.0 Å². The van der Waals surface area contributed by atoms with Crippen LogP contribution in [0.5, 0.6) is 0 Å². The maximum Gasteiger partial charge on any atom is 2.00 e. The van der Waals surface area contributed by atoms with Gasteiger partial charge in [-0.3, -0.25) is 19.2 Å². The van der Waals surface area contributed by atoms with Crippen molar-refractivity contribution >= 4 is 43.2 Å². The van der Waals surface area contributed by atoms with Crippen molar-refractivity contribution in [3.05, 3.63) is 132 Å². The average Bonchev–Trinajstić information content (AvgIpc) is 4.23. The molecule has 2 radical (unpaired) electrons. The second-order valence-corrected chi connectivity index (χ2v) is 18.6. The summed E-state index contributed by atoms with van der Waals surface area (Å²) in [6.07, 6.45) is -44.5. The van der Waals surface area contributed by atoms with Crippen LogP contribution in [0.1, 0.15) is 11.1 Å². The van der Waals surface area contributed by atoms with Crippen molar-refractivity contribution < 1.29 is 196 Å². The standard InChI is InChI=1S/2C11H13NO2S.4C5H2F6O2.2Cu/c2*1-3-10-8-12(10)15(13,14)11-6-4-9(2)5-7-11;4*6-4(7,8)2(12)1-3(13)5(9,10)11;;/h2*3-7,10H,1,8H2,2H3;4*1,12H;;/q;;;;;;2*+2/p-4/b;;4*2-1-;;/t2*10-,12?;;;;;;/m10....../s1. The first-order chi connectivity index (χ1) is 36.3. The molecule has 0 saturated carbocycles. The number of allylic oxidation sites excluding steroid dienone is 8. The van der Waals surface area contributed by atoms with E-state index >= 15 is 0 Å². The van der Waals surface area contributed by atoms with Gasteiger partial charge in [-0.15, -0.1) is 13.2 Å². The summed E-state index contributed by atoms with van der Waals surface area (Å²) in [5.74, 6) is -22.6. The quantitative estimate of drug-likeness (QED) is 0.0597. The monoisotopic (exact) mass is 1400 g/mol. The molecule has 2 aliphatic rings. The van der Waals surface area contributed by atoms with Crippen LogP contribution in [0.3, 0.4) is 0 Å². The van der Waals surface area contributed by atoms with Gasteiger partial charge in [-0.05, 0) is 85.5 Å². The molecule has 2 heterocycles. The SMILES string of the molecule is C=C[C@@H]1CN1S(=O)(=O)c1ccc(C)cc1.C=C[C@H]1CN1S(=O)(=O)c1ccc(C)cc1.O=C(/C=C(\[O-])C(F)(F)F)C(F)(F)F.O=C(/C=C(\[O-])C(F)(F)F)C(F)(F)F.O=C(/C=C(\[O-])C(F)(F)F)C(F)(F)F.O=C(/C=C(\[O-])C(F)(F)F)C(F)(F)F.[Cu+2].[Cu+2]. The second kappa shape index (κ2) is 31.9. The summed E-state index contributed by atoms with van der Waals surface area (Å²) in [6, 6.07) is 13.8. The normalized spacial score (nSPS) is 17.8. The Bertz CT molecular complexity index is 2620. The van der Waals surface area contributed by atoms with E-state index in [1.165, 1.54) is 8.61 Å². The molecule has 0 aliphatic carbocycles. The van der Waals surface area contributed by atoms with Crippen molar-refractivity contribution in [1.29, 1.82) is 0 Å². The molecule has 2 saturated heterocycles. The van der Waals surface area contributed by atoms with Crippen molar-refractivity contribution in [3.63, 3.8) is 0 Å². The second-order valence-electron chi connectivity index (χ2n) is 14.9.